The van der Waals surface area contributed by atoms with Crippen molar-refractivity contribution in [2.45, 2.75) is 347 Å². The summed E-state index contributed by atoms with van der Waals surface area (Å²) in [6, 6.07) is -0.541. The van der Waals surface area contributed by atoms with E-state index in [0.717, 1.165) is 44.9 Å². The van der Waals surface area contributed by atoms with Crippen LogP contribution in [0.4, 0.5) is 0 Å². The molecular formula is C62H119NO5. The molecule has 0 fully saturated rings. The molecule has 0 aromatic rings. The molecule has 0 saturated carbocycles. The van der Waals surface area contributed by atoms with Crippen LogP contribution in [0.3, 0.4) is 0 Å². The van der Waals surface area contributed by atoms with Crippen LogP contribution in [0.5, 0.6) is 0 Å². The number of esters is 1. The van der Waals surface area contributed by atoms with Gasteiger partial charge in [-0.15, -0.1) is 0 Å². The van der Waals surface area contributed by atoms with Crippen molar-refractivity contribution >= 4 is 11.9 Å². The minimum absolute atomic E-state index is 0.00650. The highest BCUT2D eigenvalue weighted by molar-refractivity contribution is 5.76. The van der Waals surface area contributed by atoms with Gasteiger partial charge in [-0.2, -0.15) is 0 Å². The minimum Gasteiger partial charge on any atom is -0.466 e. The molecule has 0 heterocycles. The van der Waals surface area contributed by atoms with Crippen LogP contribution in [-0.2, 0) is 14.3 Å². The van der Waals surface area contributed by atoms with E-state index in [-0.39, 0.29) is 18.5 Å². The van der Waals surface area contributed by atoms with Crippen molar-refractivity contribution in [1.29, 1.82) is 0 Å². The second-order valence-electron chi connectivity index (χ2n) is 21.0. The molecule has 6 heteroatoms. The number of aliphatic hydroxyl groups is 2. The van der Waals surface area contributed by atoms with Crippen molar-refractivity contribution in [2.75, 3.05) is 13.2 Å². The van der Waals surface area contributed by atoms with Gasteiger partial charge in [-0.05, 0) is 77.0 Å². The first-order valence-electron chi connectivity index (χ1n) is 30.6. The summed E-state index contributed by atoms with van der Waals surface area (Å²) in [5, 5.41) is 23.1. The number of rotatable bonds is 57. The molecule has 1 amide bonds. The van der Waals surface area contributed by atoms with Gasteiger partial charge in [0, 0.05) is 12.8 Å². The fourth-order valence-electron chi connectivity index (χ4n) is 9.51. The summed E-state index contributed by atoms with van der Waals surface area (Å²) in [6.45, 7) is 4.94. The van der Waals surface area contributed by atoms with Crippen LogP contribution >= 0.6 is 0 Å². The standard InChI is InChI=1S/C62H119NO5/c1-3-5-7-9-11-13-15-16-29-33-36-40-44-48-52-56-62(67)68-57-53-49-45-41-37-34-31-28-26-24-22-20-18-17-19-21-23-25-27-30-32-35-39-43-47-51-55-61(66)63-59(58-64)60(65)54-50-46-42-38-14-12-10-8-6-4-2/h16-17,19,29,59-60,64-65H,3-15,18,20-28,30-58H2,1-2H3,(H,63,66)/b19-17-,29-16-. The van der Waals surface area contributed by atoms with Crippen LogP contribution in [0.15, 0.2) is 24.3 Å². The van der Waals surface area contributed by atoms with Crippen molar-refractivity contribution in [2.24, 2.45) is 0 Å². The van der Waals surface area contributed by atoms with Gasteiger partial charge in [0.05, 0.1) is 25.4 Å². The number of allylic oxidation sites excluding steroid dienone is 4. The number of amides is 1. The van der Waals surface area contributed by atoms with Crippen LogP contribution in [0, 0.1) is 0 Å². The molecule has 68 heavy (non-hydrogen) atoms. The smallest absolute Gasteiger partial charge is 0.305 e. The maximum Gasteiger partial charge on any atom is 0.305 e. The van der Waals surface area contributed by atoms with E-state index in [4.69, 9.17) is 4.74 Å². The summed E-state index contributed by atoms with van der Waals surface area (Å²) in [5.74, 6) is -0.0312. The second kappa shape index (κ2) is 57.9. The summed E-state index contributed by atoms with van der Waals surface area (Å²) >= 11 is 0. The first-order chi connectivity index (χ1) is 33.5. The number of hydrogen-bond acceptors (Lipinski definition) is 5. The zero-order chi connectivity index (χ0) is 49.3. The fourth-order valence-corrected chi connectivity index (χ4v) is 9.51. The van der Waals surface area contributed by atoms with E-state index in [1.54, 1.807) is 0 Å². The Balaban J connectivity index is 3.36. The highest BCUT2D eigenvalue weighted by atomic mass is 16.5. The molecule has 0 radical (unpaired) electrons. The lowest BCUT2D eigenvalue weighted by atomic mass is 10.0. The number of nitrogens with one attached hydrogen (secondary N) is 1. The Labute approximate surface area is 424 Å². The highest BCUT2D eigenvalue weighted by Gasteiger charge is 2.20. The molecule has 2 unspecified atom stereocenters. The summed E-state index contributed by atoms with van der Waals surface area (Å²) in [6.07, 6.45) is 70.5. The van der Waals surface area contributed by atoms with Crippen molar-refractivity contribution < 1.29 is 24.5 Å². The molecule has 402 valence electrons. The van der Waals surface area contributed by atoms with E-state index in [1.807, 2.05) is 0 Å². The molecule has 0 aliphatic rings. The van der Waals surface area contributed by atoms with E-state index in [9.17, 15) is 19.8 Å². The van der Waals surface area contributed by atoms with Crippen LogP contribution in [0.25, 0.3) is 0 Å². The molecule has 0 aliphatic heterocycles. The maximum atomic E-state index is 12.4. The van der Waals surface area contributed by atoms with Crippen LogP contribution in [0.2, 0.25) is 0 Å². The quantitative estimate of drug-likeness (QED) is 0.0321. The summed E-state index contributed by atoms with van der Waals surface area (Å²) < 4.78 is 5.48. The predicted molar refractivity (Wildman–Crippen MR) is 296 cm³/mol. The van der Waals surface area contributed by atoms with Crippen molar-refractivity contribution in [3.63, 3.8) is 0 Å². The Morgan fingerprint density at radius 1 is 0.397 bits per heavy atom. The predicted octanol–water partition coefficient (Wildman–Crippen LogP) is 19.0. The molecule has 3 N–H and O–H groups in total. The minimum atomic E-state index is -0.663. The normalized spacial score (nSPS) is 12.7. The summed E-state index contributed by atoms with van der Waals surface area (Å²) in [7, 11) is 0. The van der Waals surface area contributed by atoms with E-state index in [0.29, 0.717) is 25.9 Å². The van der Waals surface area contributed by atoms with E-state index in [1.165, 1.54) is 257 Å². The van der Waals surface area contributed by atoms with Crippen LogP contribution < -0.4 is 5.32 Å². The van der Waals surface area contributed by atoms with Gasteiger partial charge in [-0.25, -0.2) is 0 Å². The van der Waals surface area contributed by atoms with Gasteiger partial charge in [0.1, 0.15) is 0 Å². The van der Waals surface area contributed by atoms with Crippen molar-refractivity contribution in [3.8, 4) is 0 Å². The van der Waals surface area contributed by atoms with Crippen LogP contribution in [-0.4, -0.2) is 47.4 Å². The molecule has 0 aliphatic carbocycles. The lowest BCUT2D eigenvalue weighted by Gasteiger charge is -2.22. The third-order valence-electron chi connectivity index (χ3n) is 14.2. The van der Waals surface area contributed by atoms with E-state index >= 15 is 0 Å². The molecule has 0 aromatic carbocycles. The third kappa shape index (κ3) is 53.7. The monoisotopic (exact) mass is 958 g/mol. The Morgan fingerprint density at radius 2 is 0.691 bits per heavy atom. The van der Waals surface area contributed by atoms with Gasteiger partial charge in [0.25, 0.3) is 0 Å². The van der Waals surface area contributed by atoms with Gasteiger partial charge >= 0.3 is 5.97 Å². The SMILES string of the molecule is CCCCCCCC/C=C\CCCCCCCC(=O)OCCCCCCCCCCCCCC/C=C\CCCCCCCCCCCCC(=O)NC(CO)C(O)CCCCCCCCCCCC. The number of ether oxygens (including phenoxy) is 1. The van der Waals surface area contributed by atoms with Gasteiger partial charge in [-0.1, -0.05) is 269 Å². The highest BCUT2D eigenvalue weighted by Crippen LogP contribution is 2.17. The number of carbonyl (C=O) groups excluding carboxylic acids is 2. The number of unbranched alkanes of at least 4 members (excludes halogenated alkanes) is 42. The molecule has 0 saturated heterocycles. The van der Waals surface area contributed by atoms with Gasteiger partial charge in [0.2, 0.25) is 5.91 Å². The zero-order valence-corrected chi connectivity index (χ0v) is 45.9. The molecular weight excluding hydrogens is 839 g/mol. The van der Waals surface area contributed by atoms with E-state index in [2.05, 4.69) is 43.5 Å². The largest absolute Gasteiger partial charge is 0.466 e. The molecule has 0 rings (SSSR count). The Bertz CT molecular complexity index is 1060. The average molecular weight is 959 g/mol. The topological polar surface area (TPSA) is 95.9 Å². The lowest BCUT2D eigenvalue weighted by molar-refractivity contribution is -0.143. The Kier molecular flexibility index (Phi) is 56.5. The summed E-state index contributed by atoms with van der Waals surface area (Å²) in [5.41, 5.74) is 0. The molecule has 6 nitrogen and oxygen atoms in total. The van der Waals surface area contributed by atoms with Gasteiger partial charge < -0.3 is 20.3 Å². The van der Waals surface area contributed by atoms with Gasteiger partial charge in [0.15, 0.2) is 0 Å². The lowest BCUT2D eigenvalue weighted by Crippen LogP contribution is -2.45. The Hall–Kier alpha value is -1.66. The summed E-state index contributed by atoms with van der Waals surface area (Å²) in [4.78, 5) is 24.5. The molecule has 0 aromatic heterocycles. The number of carbonyl (C=O) groups is 2. The van der Waals surface area contributed by atoms with Crippen LogP contribution in [0.1, 0.15) is 335 Å². The molecule has 0 spiro atoms. The van der Waals surface area contributed by atoms with E-state index < -0.39 is 12.1 Å². The zero-order valence-electron chi connectivity index (χ0n) is 45.9. The first-order valence-corrected chi connectivity index (χ1v) is 30.6. The van der Waals surface area contributed by atoms with Crippen molar-refractivity contribution in [1.82, 2.24) is 5.32 Å². The second-order valence-corrected chi connectivity index (χ2v) is 21.0. The van der Waals surface area contributed by atoms with Gasteiger partial charge in [-0.3, -0.25) is 9.59 Å². The first kappa shape index (κ1) is 66.3. The number of aliphatic hydroxyl groups excluding tert-OH is 2. The van der Waals surface area contributed by atoms with Crippen molar-refractivity contribution in [3.05, 3.63) is 24.3 Å². The number of hydrogen-bond donors (Lipinski definition) is 3. The molecule has 0 bridgehead atoms. The Morgan fingerprint density at radius 3 is 1.04 bits per heavy atom. The average Bonchev–Trinajstić information content (AvgIpc) is 3.34. The maximum absolute atomic E-state index is 12.4. The fraction of sp³-hybridized carbons (Fsp3) is 0.903. The molecule has 2 atom stereocenters. The third-order valence-corrected chi connectivity index (χ3v) is 14.2.